The van der Waals surface area contributed by atoms with E-state index in [1.54, 1.807) is 6.20 Å². The Kier molecular flexibility index (Phi) is 5.66. The first kappa shape index (κ1) is 18.2. The number of anilines is 2. The Morgan fingerprint density at radius 3 is 2.61 bits per heavy atom. The van der Waals surface area contributed by atoms with E-state index in [-0.39, 0.29) is 5.91 Å². The molecule has 0 saturated carbocycles. The third kappa shape index (κ3) is 4.57. The first-order valence-corrected chi connectivity index (χ1v) is 9.79. The molecule has 0 spiro atoms. The molecule has 3 aromatic rings. The highest BCUT2D eigenvalue weighted by atomic mass is 16.4. The van der Waals surface area contributed by atoms with Crippen molar-refractivity contribution in [2.45, 2.75) is 32.1 Å². The van der Waals surface area contributed by atoms with Crippen molar-refractivity contribution in [2.75, 3.05) is 23.3 Å². The Bertz CT molecular complexity index is 900. The highest BCUT2D eigenvalue weighted by Gasteiger charge is 2.13. The van der Waals surface area contributed by atoms with Gasteiger partial charge in [-0.1, -0.05) is 30.3 Å². The van der Waals surface area contributed by atoms with Gasteiger partial charge in [-0.2, -0.15) is 0 Å². The number of carbonyl (C=O) groups excluding carboxylic acids is 1. The molecule has 0 radical (unpaired) electrons. The number of hydrogen-bond acceptors (Lipinski definition) is 5. The minimum Gasteiger partial charge on any atom is -0.441 e. The van der Waals surface area contributed by atoms with Gasteiger partial charge in [-0.25, -0.2) is 9.97 Å². The van der Waals surface area contributed by atoms with Gasteiger partial charge >= 0.3 is 0 Å². The van der Waals surface area contributed by atoms with Gasteiger partial charge in [-0.05, 0) is 31.4 Å². The van der Waals surface area contributed by atoms with E-state index < -0.39 is 0 Å². The normalized spacial score (nSPS) is 13.6. The molecule has 1 aliphatic rings. The lowest BCUT2D eigenvalue weighted by Crippen LogP contribution is -2.18. The van der Waals surface area contributed by atoms with Crippen molar-refractivity contribution in [2.24, 2.45) is 0 Å². The maximum atomic E-state index is 12.2. The van der Waals surface area contributed by atoms with Crippen LogP contribution >= 0.6 is 0 Å². The number of carbonyl (C=O) groups is 1. The van der Waals surface area contributed by atoms with E-state index in [1.165, 1.54) is 12.8 Å². The van der Waals surface area contributed by atoms with Crippen molar-refractivity contribution in [3.8, 4) is 11.3 Å². The minimum atomic E-state index is -0.0451. The fraction of sp³-hybridized carbons (Fsp3) is 0.318. The molecule has 1 fully saturated rings. The van der Waals surface area contributed by atoms with Crippen molar-refractivity contribution in [3.05, 3.63) is 60.7 Å². The molecule has 1 amide bonds. The second kappa shape index (κ2) is 8.69. The Labute approximate surface area is 164 Å². The van der Waals surface area contributed by atoms with Crippen LogP contribution in [0.4, 0.5) is 11.5 Å². The number of oxazole rings is 1. The van der Waals surface area contributed by atoms with Crippen molar-refractivity contribution in [3.63, 3.8) is 0 Å². The van der Waals surface area contributed by atoms with Crippen LogP contribution in [0.5, 0.6) is 0 Å². The molecule has 0 aliphatic carbocycles. The van der Waals surface area contributed by atoms with Gasteiger partial charge in [0.05, 0.1) is 18.1 Å². The molecule has 144 valence electrons. The molecule has 1 aromatic carbocycles. The summed E-state index contributed by atoms with van der Waals surface area (Å²) in [6, 6.07) is 13.8. The number of benzene rings is 1. The van der Waals surface area contributed by atoms with Crippen LogP contribution in [0.15, 0.2) is 59.3 Å². The van der Waals surface area contributed by atoms with Crippen LogP contribution in [-0.4, -0.2) is 29.0 Å². The zero-order valence-electron chi connectivity index (χ0n) is 15.8. The molecule has 2 aromatic heterocycles. The second-order valence-corrected chi connectivity index (χ2v) is 6.98. The van der Waals surface area contributed by atoms with Crippen molar-refractivity contribution >= 4 is 17.4 Å². The van der Waals surface area contributed by atoms with E-state index in [0.717, 1.165) is 30.1 Å². The molecule has 3 heterocycles. The lowest BCUT2D eigenvalue weighted by molar-refractivity contribution is -0.116. The molecule has 6 heteroatoms. The topological polar surface area (TPSA) is 71.3 Å². The number of pyridine rings is 1. The van der Waals surface area contributed by atoms with Gasteiger partial charge in [0.2, 0.25) is 5.91 Å². The predicted octanol–water partition coefficient (Wildman–Crippen LogP) is 4.30. The minimum absolute atomic E-state index is 0.0451. The molecule has 0 unspecified atom stereocenters. The molecule has 4 rings (SSSR count). The summed E-state index contributed by atoms with van der Waals surface area (Å²) in [5.41, 5.74) is 2.12. The average Bonchev–Trinajstić information content (AvgIpc) is 3.42. The summed E-state index contributed by atoms with van der Waals surface area (Å²) in [6.07, 6.45) is 7.73. The molecular formula is C22H24N4O2. The molecule has 1 aliphatic heterocycles. The summed E-state index contributed by atoms with van der Waals surface area (Å²) in [5, 5.41) is 2.86. The molecule has 1 saturated heterocycles. The zero-order valence-corrected chi connectivity index (χ0v) is 15.8. The standard InChI is InChI=1S/C22H24N4O2/c27-21(25-20-12-11-18(15-23-20)26-13-4-5-14-26)9-6-10-22-24-16-19(28-22)17-7-2-1-3-8-17/h1-3,7-8,11-12,15-16H,4-6,9-10,13-14H2,(H,23,25,27). The Balaban J connectivity index is 1.23. The molecule has 6 nitrogen and oxygen atoms in total. The molecule has 0 bridgehead atoms. The van der Waals surface area contributed by atoms with Crippen LogP contribution < -0.4 is 10.2 Å². The van der Waals surface area contributed by atoms with Gasteiger partial charge in [0.15, 0.2) is 11.7 Å². The average molecular weight is 376 g/mol. The third-order valence-electron chi connectivity index (χ3n) is 4.89. The maximum absolute atomic E-state index is 12.2. The van der Waals surface area contributed by atoms with Crippen LogP contribution in [-0.2, 0) is 11.2 Å². The van der Waals surface area contributed by atoms with Crippen LogP contribution in [0.3, 0.4) is 0 Å². The number of aryl methyl sites for hydroxylation is 1. The molecule has 28 heavy (non-hydrogen) atoms. The number of amides is 1. The summed E-state index contributed by atoms with van der Waals surface area (Å²) < 4.78 is 5.77. The van der Waals surface area contributed by atoms with Crippen molar-refractivity contribution in [1.29, 1.82) is 0 Å². The molecular weight excluding hydrogens is 352 g/mol. The molecule has 0 atom stereocenters. The predicted molar refractivity (Wildman–Crippen MR) is 109 cm³/mol. The van der Waals surface area contributed by atoms with Gasteiger partial charge < -0.3 is 14.6 Å². The van der Waals surface area contributed by atoms with E-state index in [9.17, 15) is 4.79 Å². The van der Waals surface area contributed by atoms with Crippen LogP contribution in [0, 0.1) is 0 Å². The van der Waals surface area contributed by atoms with Crippen molar-refractivity contribution < 1.29 is 9.21 Å². The monoisotopic (exact) mass is 376 g/mol. The van der Waals surface area contributed by atoms with Crippen molar-refractivity contribution in [1.82, 2.24) is 9.97 Å². The largest absolute Gasteiger partial charge is 0.441 e. The fourth-order valence-corrected chi connectivity index (χ4v) is 3.39. The van der Waals surface area contributed by atoms with E-state index in [2.05, 4.69) is 20.2 Å². The Morgan fingerprint density at radius 1 is 1.04 bits per heavy atom. The third-order valence-corrected chi connectivity index (χ3v) is 4.89. The summed E-state index contributed by atoms with van der Waals surface area (Å²) in [5.74, 6) is 1.95. The van der Waals surface area contributed by atoms with Gasteiger partial charge in [0.1, 0.15) is 5.82 Å². The van der Waals surface area contributed by atoms with Gasteiger partial charge in [0.25, 0.3) is 0 Å². The first-order valence-electron chi connectivity index (χ1n) is 9.79. The summed E-state index contributed by atoms with van der Waals surface area (Å²) in [4.78, 5) is 23.1. The van der Waals surface area contributed by atoms with Crippen LogP contribution in [0.25, 0.3) is 11.3 Å². The summed E-state index contributed by atoms with van der Waals surface area (Å²) >= 11 is 0. The van der Waals surface area contributed by atoms with Gasteiger partial charge in [0, 0.05) is 31.5 Å². The number of nitrogens with zero attached hydrogens (tertiary/aromatic N) is 3. The van der Waals surface area contributed by atoms with Crippen LogP contribution in [0.2, 0.25) is 0 Å². The SMILES string of the molecule is O=C(CCCc1ncc(-c2ccccc2)o1)Nc1ccc(N2CCCC2)cn1. The van der Waals surface area contributed by atoms with E-state index in [0.29, 0.717) is 31.0 Å². The lowest BCUT2D eigenvalue weighted by atomic mass is 10.2. The van der Waals surface area contributed by atoms with E-state index in [4.69, 9.17) is 4.42 Å². The first-order chi connectivity index (χ1) is 13.8. The zero-order chi connectivity index (χ0) is 19.2. The molecule has 1 N–H and O–H groups in total. The van der Waals surface area contributed by atoms with Gasteiger partial charge in [-0.15, -0.1) is 0 Å². The summed E-state index contributed by atoms with van der Waals surface area (Å²) in [6.45, 7) is 2.17. The number of rotatable bonds is 7. The summed E-state index contributed by atoms with van der Waals surface area (Å²) in [7, 11) is 0. The van der Waals surface area contributed by atoms with Crippen LogP contribution in [0.1, 0.15) is 31.6 Å². The van der Waals surface area contributed by atoms with E-state index >= 15 is 0 Å². The number of aromatic nitrogens is 2. The fourth-order valence-electron chi connectivity index (χ4n) is 3.39. The Hall–Kier alpha value is -3.15. The highest BCUT2D eigenvalue weighted by Crippen LogP contribution is 2.21. The Morgan fingerprint density at radius 2 is 1.86 bits per heavy atom. The quantitative estimate of drug-likeness (QED) is 0.666. The maximum Gasteiger partial charge on any atom is 0.225 e. The smallest absolute Gasteiger partial charge is 0.225 e. The number of nitrogens with one attached hydrogen (secondary N) is 1. The second-order valence-electron chi connectivity index (χ2n) is 6.98. The van der Waals surface area contributed by atoms with E-state index in [1.807, 2.05) is 48.7 Å². The lowest BCUT2D eigenvalue weighted by Gasteiger charge is -2.17. The van der Waals surface area contributed by atoms with Gasteiger partial charge in [-0.3, -0.25) is 4.79 Å². The number of hydrogen-bond donors (Lipinski definition) is 1. The highest BCUT2D eigenvalue weighted by molar-refractivity contribution is 5.89.